The van der Waals surface area contributed by atoms with E-state index in [1.54, 1.807) is 0 Å². The molecule has 0 heterocycles. The maximum atomic E-state index is 2.32. The second-order valence-electron chi connectivity index (χ2n) is 3.31. The number of hydrogen-bond acceptors (Lipinski definition) is 0. The maximum absolute atomic E-state index is 2.32. The third-order valence-electron chi connectivity index (χ3n) is 1.51. The Hall–Kier alpha value is -0.260. The Morgan fingerprint density at radius 1 is 1.11 bits per heavy atom. The first-order chi connectivity index (χ1) is 4.04. The quantitative estimate of drug-likeness (QED) is 0.498. The molecule has 0 aromatic heterocycles. The van der Waals surface area contributed by atoms with Gasteiger partial charge in [0.1, 0.15) is 0 Å². The van der Waals surface area contributed by atoms with Gasteiger partial charge in [-0.25, -0.2) is 0 Å². The van der Waals surface area contributed by atoms with Crippen molar-refractivity contribution in [3.8, 4) is 0 Å². The Morgan fingerprint density at radius 3 is 1.67 bits per heavy atom. The van der Waals surface area contributed by atoms with Crippen molar-refractivity contribution in [1.82, 2.24) is 0 Å². The first-order valence-electron chi connectivity index (χ1n) is 3.72. The first kappa shape index (κ1) is 8.74. The topological polar surface area (TPSA) is 0 Å². The molecule has 0 aromatic rings. The molecular weight excluding hydrogens is 108 g/mol. The molecule has 0 heteroatoms. The molecule has 0 bridgehead atoms. The molecule has 0 unspecified atom stereocenters. The number of hydrogen-bond donors (Lipinski definition) is 0. The van der Waals surface area contributed by atoms with Gasteiger partial charge in [0.15, 0.2) is 0 Å². The van der Waals surface area contributed by atoms with Crippen molar-refractivity contribution in [2.45, 2.75) is 34.6 Å². The fraction of sp³-hybridized carbons (Fsp3) is 0.778. The minimum Gasteiger partial charge on any atom is -0.0828 e. The molecule has 0 atom stereocenters. The van der Waals surface area contributed by atoms with Crippen LogP contribution < -0.4 is 0 Å². The second-order valence-corrected chi connectivity index (χ2v) is 3.31. The summed E-state index contributed by atoms with van der Waals surface area (Å²) in [6.45, 7) is 11.1. The normalized spacial score (nSPS) is 13.4. The predicted octanol–water partition coefficient (Wildman–Crippen LogP) is 3.24. The van der Waals surface area contributed by atoms with E-state index in [1.165, 1.54) is 5.57 Å². The largest absolute Gasteiger partial charge is 0.0828 e. The molecule has 0 rings (SSSR count). The predicted molar refractivity (Wildman–Crippen MR) is 43.4 cm³/mol. The molecular formula is C9H18. The van der Waals surface area contributed by atoms with Gasteiger partial charge in [0.05, 0.1) is 0 Å². The molecule has 0 aromatic carbocycles. The van der Waals surface area contributed by atoms with Gasteiger partial charge in [0, 0.05) is 0 Å². The molecule has 0 spiro atoms. The van der Waals surface area contributed by atoms with Crippen LogP contribution in [0.3, 0.4) is 0 Å². The summed E-state index contributed by atoms with van der Waals surface area (Å²) in [6, 6.07) is 0. The highest BCUT2D eigenvalue weighted by molar-refractivity contribution is 5.01. The molecule has 0 saturated heterocycles. The van der Waals surface area contributed by atoms with E-state index in [2.05, 4.69) is 40.7 Å². The SMILES string of the molecule is CC(=CC(C)C)C(C)C. The molecule has 0 amide bonds. The van der Waals surface area contributed by atoms with Gasteiger partial charge < -0.3 is 0 Å². The summed E-state index contributed by atoms with van der Waals surface area (Å²) < 4.78 is 0. The van der Waals surface area contributed by atoms with Crippen LogP contribution in [0.4, 0.5) is 0 Å². The lowest BCUT2D eigenvalue weighted by molar-refractivity contribution is 0.731. The van der Waals surface area contributed by atoms with Gasteiger partial charge in [0.25, 0.3) is 0 Å². The molecule has 0 saturated carbocycles. The van der Waals surface area contributed by atoms with Crippen LogP contribution in [-0.4, -0.2) is 0 Å². The highest BCUT2D eigenvalue weighted by Crippen LogP contribution is 2.10. The van der Waals surface area contributed by atoms with Crippen LogP contribution in [0.1, 0.15) is 34.6 Å². The molecule has 0 aliphatic heterocycles. The van der Waals surface area contributed by atoms with Crippen LogP contribution >= 0.6 is 0 Å². The second kappa shape index (κ2) is 3.71. The molecule has 0 fully saturated rings. The lowest BCUT2D eigenvalue weighted by Crippen LogP contribution is -1.91. The lowest BCUT2D eigenvalue weighted by Gasteiger charge is -2.05. The van der Waals surface area contributed by atoms with Crippen LogP contribution in [0.15, 0.2) is 11.6 Å². The highest BCUT2D eigenvalue weighted by atomic mass is 14.0. The van der Waals surface area contributed by atoms with Gasteiger partial charge in [-0.15, -0.1) is 0 Å². The van der Waals surface area contributed by atoms with Gasteiger partial charge in [-0.2, -0.15) is 0 Å². The van der Waals surface area contributed by atoms with Crippen molar-refractivity contribution in [1.29, 1.82) is 0 Å². The van der Waals surface area contributed by atoms with Crippen LogP contribution in [0, 0.1) is 11.8 Å². The van der Waals surface area contributed by atoms with Gasteiger partial charge >= 0.3 is 0 Å². The highest BCUT2D eigenvalue weighted by Gasteiger charge is 1.95. The van der Waals surface area contributed by atoms with Crippen LogP contribution in [0.2, 0.25) is 0 Å². The van der Waals surface area contributed by atoms with Crippen LogP contribution in [0.25, 0.3) is 0 Å². The lowest BCUT2D eigenvalue weighted by atomic mass is 10.0. The zero-order valence-electron chi connectivity index (χ0n) is 7.23. The third-order valence-corrected chi connectivity index (χ3v) is 1.51. The van der Waals surface area contributed by atoms with E-state index in [0.29, 0.717) is 11.8 Å². The summed E-state index contributed by atoms with van der Waals surface area (Å²) in [4.78, 5) is 0. The Morgan fingerprint density at radius 2 is 1.56 bits per heavy atom. The summed E-state index contributed by atoms with van der Waals surface area (Å²) >= 11 is 0. The van der Waals surface area contributed by atoms with E-state index in [1.807, 2.05) is 0 Å². The Labute approximate surface area is 59.0 Å². The van der Waals surface area contributed by atoms with Crippen molar-refractivity contribution in [2.24, 2.45) is 11.8 Å². The van der Waals surface area contributed by atoms with Gasteiger partial charge in [-0.05, 0) is 18.8 Å². The van der Waals surface area contributed by atoms with E-state index < -0.39 is 0 Å². The summed E-state index contributed by atoms with van der Waals surface area (Å²) in [7, 11) is 0. The Kier molecular flexibility index (Phi) is 3.60. The van der Waals surface area contributed by atoms with Gasteiger partial charge in [0.2, 0.25) is 0 Å². The molecule has 0 aliphatic rings. The zero-order chi connectivity index (χ0) is 7.44. The van der Waals surface area contributed by atoms with Crippen molar-refractivity contribution >= 4 is 0 Å². The Bertz CT molecular complexity index is 96.6. The van der Waals surface area contributed by atoms with E-state index in [-0.39, 0.29) is 0 Å². The van der Waals surface area contributed by atoms with Gasteiger partial charge in [-0.1, -0.05) is 39.3 Å². The first-order valence-corrected chi connectivity index (χ1v) is 3.72. The van der Waals surface area contributed by atoms with E-state index in [0.717, 1.165) is 0 Å². The van der Waals surface area contributed by atoms with Crippen LogP contribution in [-0.2, 0) is 0 Å². The molecule has 0 nitrogen and oxygen atoms in total. The zero-order valence-corrected chi connectivity index (χ0v) is 7.23. The van der Waals surface area contributed by atoms with E-state index in [9.17, 15) is 0 Å². The molecule has 9 heavy (non-hydrogen) atoms. The minimum atomic E-state index is 0.701. The number of allylic oxidation sites excluding steroid dienone is 2. The van der Waals surface area contributed by atoms with E-state index >= 15 is 0 Å². The molecule has 0 radical (unpaired) electrons. The average molecular weight is 126 g/mol. The van der Waals surface area contributed by atoms with Crippen molar-refractivity contribution in [3.05, 3.63) is 11.6 Å². The average Bonchev–Trinajstić information content (AvgIpc) is 1.63. The summed E-state index contributed by atoms with van der Waals surface area (Å²) in [5, 5.41) is 0. The standard InChI is InChI=1S/C9H18/c1-7(2)6-9(5)8(3)4/h6-8H,1-5H3. The molecule has 0 aliphatic carbocycles. The Balaban J connectivity index is 3.84. The van der Waals surface area contributed by atoms with E-state index in [4.69, 9.17) is 0 Å². The maximum Gasteiger partial charge on any atom is -0.0263 e. The summed E-state index contributed by atoms with van der Waals surface area (Å²) in [6.07, 6.45) is 2.32. The van der Waals surface area contributed by atoms with Crippen molar-refractivity contribution in [3.63, 3.8) is 0 Å². The minimum absolute atomic E-state index is 0.701. The smallest absolute Gasteiger partial charge is 0.0263 e. The third kappa shape index (κ3) is 4.26. The van der Waals surface area contributed by atoms with Crippen molar-refractivity contribution < 1.29 is 0 Å². The van der Waals surface area contributed by atoms with Crippen LogP contribution in [0.5, 0.6) is 0 Å². The molecule has 0 N–H and O–H groups in total. The molecule has 54 valence electrons. The summed E-state index contributed by atoms with van der Waals surface area (Å²) in [5.41, 5.74) is 1.50. The fourth-order valence-electron chi connectivity index (χ4n) is 0.718. The monoisotopic (exact) mass is 126 g/mol. The number of rotatable bonds is 2. The van der Waals surface area contributed by atoms with Gasteiger partial charge in [-0.3, -0.25) is 0 Å². The fourth-order valence-corrected chi connectivity index (χ4v) is 0.718. The summed E-state index contributed by atoms with van der Waals surface area (Å²) in [5.74, 6) is 1.42. The van der Waals surface area contributed by atoms with Crippen molar-refractivity contribution in [2.75, 3.05) is 0 Å².